The summed E-state index contributed by atoms with van der Waals surface area (Å²) in [5, 5.41) is 14.2. The quantitative estimate of drug-likeness (QED) is 0.776. The average molecular weight is 289 g/mol. The minimum atomic E-state index is -0.464. The number of hydrogen-bond donors (Lipinski definition) is 2. The lowest BCUT2D eigenvalue weighted by molar-refractivity contribution is 0.0230. The molecule has 0 saturated heterocycles. The molecule has 2 heteroatoms. The number of aryl methyl sites for hydroxylation is 2. The molecule has 0 radical (unpaired) electrons. The molecule has 0 spiro atoms. The van der Waals surface area contributed by atoms with E-state index in [9.17, 15) is 5.11 Å². The van der Waals surface area contributed by atoms with Gasteiger partial charge in [-0.25, -0.2) is 0 Å². The van der Waals surface area contributed by atoms with Gasteiger partial charge in [-0.05, 0) is 45.1 Å². The third-order valence-corrected chi connectivity index (χ3v) is 4.76. The summed E-state index contributed by atoms with van der Waals surface area (Å²) in [6, 6.07) is 9.21. The lowest BCUT2D eigenvalue weighted by atomic mass is 9.94. The molecule has 1 atom stereocenters. The van der Waals surface area contributed by atoms with Crippen LogP contribution in [0.1, 0.15) is 63.0 Å². The van der Waals surface area contributed by atoms with Crippen LogP contribution in [0.25, 0.3) is 0 Å². The molecule has 1 saturated carbocycles. The standard InChI is InChI=1S/C19H31NO/c1-16-8-7-9-18(14-16)11-10-17(2)20-15-19(21)12-5-3-4-6-13-19/h7-9,14,17,20-21H,3-6,10-13,15H2,1-2H3. The first-order chi connectivity index (χ1) is 10.1. The highest BCUT2D eigenvalue weighted by molar-refractivity contribution is 5.22. The number of hydrogen-bond acceptors (Lipinski definition) is 2. The van der Waals surface area contributed by atoms with E-state index in [4.69, 9.17) is 0 Å². The van der Waals surface area contributed by atoms with E-state index < -0.39 is 5.60 Å². The third kappa shape index (κ3) is 5.80. The molecule has 1 aliphatic rings. The first-order valence-electron chi connectivity index (χ1n) is 8.59. The van der Waals surface area contributed by atoms with Crippen LogP contribution in [0.4, 0.5) is 0 Å². The summed E-state index contributed by atoms with van der Waals surface area (Å²) >= 11 is 0. The van der Waals surface area contributed by atoms with E-state index in [0.717, 1.165) is 32.2 Å². The molecule has 118 valence electrons. The Balaban J connectivity index is 1.72. The van der Waals surface area contributed by atoms with Gasteiger partial charge in [0.1, 0.15) is 0 Å². The second-order valence-corrected chi connectivity index (χ2v) is 6.95. The number of nitrogens with one attached hydrogen (secondary N) is 1. The van der Waals surface area contributed by atoms with E-state index >= 15 is 0 Å². The normalized spacial score (nSPS) is 20.0. The van der Waals surface area contributed by atoms with Crippen molar-refractivity contribution in [1.82, 2.24) is 5.32 Å². The van der Waals surface area contributed by atoms with E-state index in [-0.39, 0.29) is 0 Å². The van der Waals surface area contributed by atoms with Gasteiger partial charge in [0.2, 0.25) is 0 Å². The van der Waals surface area contributed by atoms with Crippen LogP contribution < -0.4 is 5.32 Å². The maximum Gasteiger partial charge on any atom is 0.0771 e. The molecule has 1 unspecified atom stereocenters. The predicted octanol–water partition coefficient (Wildman–Crippen LogP) is 3.99. The summed E-state index contributed by atoms with van der Waals surface area (Å²) in [5.41, 5.74) is 2.28. The minimum Gasteiger partial charge on any atom is -0.389 e. The molecule has 1 aromatic carbocycles. The van der Waals surface area contributed by atoms with Gasteiger partial charge in [0.25, 0.3) is 0 Å². The Morgan fingerprint density at radius 2 is 1.90 bits per heavy atom. The Morgan fingerprint density at radius 1 is 1.19 bits per heavy atom. The van der Waals surface area contributed by atoms with E-state index in [1.54, 1.807) is 0 Å². The zero-order valence-corrected chi connectivity index (χ0v) is 13.7. The van der Waals surface area contributed by atoms with Gasteiger partial charge in [-0.3, -0.25) is 0 Å². The topological polar surface area (TPSA) is 32.3 Å². The second-order valence-electron chi connectivity index (χ2n) is 6.95. The summed E-state index contributed by atoms with van der Waals surface area (Å²) in [6.07, 6.45) is 9.07. The van der Waals surface area contributed by atoms with Crippen LogP contribution in [0.15, 0.2) is 24.3 Å². The van der Waals surface area contributed by atoms with Crippen molar-refractivity contribution in [2.24, 2.45) is 0 Å². The largest absolute Gasteiger partial charge is 0.389 e. The van der Waals surface area contributed by atoms with Crippen LogP contribution >= 0.6 is 0 Å². The van der Waals surface area contributed by atoms with Crippen LogP contribution in [0.2, 0.25) is 0 Å². The summed E-state index contributed by atoms with van der Waals surface area (Å²) in [4.78, 5) is 0. The van der Waals surface area contributed by atoms with Crippen molar-refractivity contribution in [3.8, 4) is 0 Å². The second kappa shape index (κ2) is 7.95. The van der Waals surface area contributed by atoms with Crippen LogP contribution in [-0.2, 0) is 6.42 Å². The molecule has 21 heavy (non-hydrogen) atoms. The Labute approximate surface area is 130 Å². The van der Waals surface area contributed by atoms with Crippen LogP contribution in [0.3, 0.4) is 0 Å². The summed E-state index contributed by atoms with van der Waals surface area (Å²) in [6.45, 7) is 5.13. The highest BCUT2D eigenvalue weighted by atomic mass is 16.3. The number of benzene rings is 1. The van der Waals surface area contributed by atoms with E-state index in [1.165, 1.54) is 36.8 Å². The van der Waals surface area contributed by atoms with E-state index in [0.29, 0.717) is 6.04 Å². The molecular formula is C19H31NO. The smallest absolute Gasteiger partial charge is 0.0771 e. The maximum atomic E-state index is 10.7. The zero-order valence-electron chi connectivity index (χ0n) is 13.7. The lowest BCUT2D eigenvalue weighted by Gasteiger charge is -2.29. The predicted molar refractivity (Wildman–Crippen MR) is 89.6 cm³/mol. The molecule has 0 aromatic heterocycles. The molecular weight excluding hydrogens is 258 g/mol. The first kappa shape index (κ1) is 16.5. The number of rotatable bonds is 6. The molecule has 2 nitrogen and oxygen atoms in total. The first-order valence-corrected chi connectivity index (χ1v) is 8.59. The van der Waals surface area contributed by atoms with Gasteiger partial charge in [-0.1, -0.05) is 55.5 Å². The minimum absolute atomic E-state index is 0.456. The monoisotopic (exact) mass is 289 g/mol. The Morgan fingerprint density at radius 3 is 2.57 bits per heavy atom. The summed E-state index contributed by atoms with van der Waals surface area (Å²) < 4.78 is 0. The highest BCUT2D eigenvalue weighted by Gasteiger charge is 2.27. The molecule has 1 fully saturated rings. The molecule has 0 bridgehead atoms. The van der Waals surface area contributed by atoms with Crippen LogP contribution in [-0.4, -0.2) is 23.3 Å². The molecule has 1 aromatic rings. The fourth-order valence-corrected chi connectivity index (χ4v) is 3.28. The number of aliphatic hydroxyl groups is 1. The van der Waals surface area contributed by atoms with Crippen molar-refractivity contribution in [2.45, 2.75) is 76.9 Å². The van der Waals surface area contributed by atoms with E-state index in [2.05, 4.69) is 43.4 Å². The van der Waals surface area contributed by atoms with Crippen LogP contribution in [0, 0.1) is 6.92 Å². The Hall–Kier alpha value is -0.860. The van der Waals surface area contributed by atoms with Gasteiger partial charge in [0, 0.05) is 12.6 Å². The maximum absolute atomic E-state index is 10.7. The molecule has 2 N–H and O–H groups in total. The fourth-order valence-electron chi connectivity index (χ4n) is 3.28. The third-order valence-electron chi connectivity index (χ3n) is 4.76. The van der Waals surface area contributed by atoms with Gasteiger partial charge in [0.05, 0.1) is 5.60 Å². The van der Waals surface area contributed by atoms with Crippen molar-refractivity contribution >= 4 is 0 Å². The van der Waals surface area contributed by atoms with Gasteiger partial charge in [-0.15, -0.1) is 0 Å². The van der Waals surface area contributed by atoms with Gasteiger partial charge in [-0.2, -0.15) is 0 Å². The van der Waals surface area contributed by atoms with Gasteiger partial charge in [0.15, 0.2) is 0 Å². The Kier molecular flexibility index (Phi) is 6.25. The van der Waals surface area contributed by atoms with E-state index in [1.807, 2.05) is 0 Å². The molecule has 0 heterocycles. The van der Waals surface area contributed by atoms with Crippen molar-refractivity contribution in [3.05, 3.63) is 35.4 Å². The van der Waals surface area contributed by atoms with Crippen molar-refractivity contribution in [1.29, 1.82) is 0 Å². The van der Waals surface area contributed by atoms with Crippen LogP contribution in [0.5, 0.6) is 0 Å². The Bertz CT molecular complexity index is 421. The SMILES string of the molecule is Cc1cccc(CCC(C)NCC2(O)CCCCCC2)c1. The van der Waals surface area contributed by atoms with Gasteiger partial charge < -0.3 is 10.4 Å². The zero-order chi connectivity index (χ0) is 15.1. The molecule has 1 aliphatic carbocycles. The lowest BCUT2D eigenvalue weighted by Crippen LogP contribution is -2.43. The van der Waals surface area contributed by atoms with Crippen molar-refractivity contribution in [2.75, 3.05) is 6.54 Å². The van der Waals surface area contributed by atoms with Gasteiger partial charge >= 0.3 is 0 Å². The summed E-state index contributed by atoms with van der Waals surface area (Å²) in [5.74, 6) is 0. The van der Waals surface area contributed by atoms with Crippen molar-refractivity contribution < 1.29 is 5.11 Å². The van der Waals surface area contributed by atoms with Crippen molar-refractivity contribution in [3.63, 3.8) is 0 Å². The average Bonchev–Trinajstić information content (AvgIpc) is 2.68. The highest BCUT2D eigenvalue weighted by Crippen LogP contribution is 2.26. The fraction of sp³-hybridized carbons (Fsp3) is 0.684. The molecule has 2 rings (SSSR count). The summed E-state index contributed by atoms with van der Waals surface area (Å²) in [7, 11) is 0. The molecule has 0 aliphatic heterocycles. The molecule has 0 amide bonds.